The molecule has 1 aliphatic rings. The van der Waals surface area contributed by atoms with Crippen molar-refractivity contribution in [3.05, 3.63) is 42.0 Å². The Balaban J connectivity index is 1.73. The van der Waals surface area contributed by atoms with Crippen LogP contribution in [0.2, 0.25) is 0 Å². The number of hydrogen-bond acceptors (Lipinski definition) is 6. The van der Waals surface area contributed by atoms with Crippen LogP contribution in [0.4, 0.5) is 11.6 Å². The Bertz CT molecular complexity index is 705. The fourth-order valence-electron chi connectivity index (χ4n) is 2.87. The van der Waals surface area contributed by atoms with Crippen molar-refractivity contribution < 1.29 is 4.79 Å². The SMILES string of the molecule is CNCC(=O)N1CC[C@@H](c2nc(C)cc(Nc3ccccn3)n2)C1. The average molecular weight is 326 g/mol. The van der Waals surface area contributed by atoms with E-state index in [4.69, 9.17) is 0 Å². The highest BCUT2D eigenvalue weighted by molar-refractivity contribution is 5.78. The number of carbonyl (C=O) groups excluding carboxylic acids is 1. The predicted molar refractivity (Wildman–Crippen MR) is 92.2 cm³/mol. The molecule has 1 fully saturated rings. The Morgan fingerprint density at radius 2 is 2.21 bits per heavy atom. The van der Waals surface area contributed by atoms with Crippen LogP contribution in [0.15, 0.2) is 30.5 Å². The van der Waals surface area contributed by atoms with Gasteiger partial charge in [0.2, 0.25) is 5.91 Å². The molecule has 0 bridgehead atoms. The van der Waals surface area contributed by atoms with Crippen molar-refractivity contribution in [2.75, 3.05) is 32.0 Å². The molecule has 1 atom stereocenters. The van der Waals surface area contributed by atoms with Gasteiger partial charge in [-0.3, -0.25) is 4.79 Å². The number of likely N-dealkylation sites (N-methyl/N-ethyl adjacent to an activating group) is 1. The van der Waals surface area contributed by atoms with Gasteiger partial charge in [0, 0.05) is 37.0 Å². The maximum Gasteiger partial charge on any atom is 0.236 e. The number of pyridine rings is 1. The molecule has 7 heteroatoms. The van der Waals surface area contributed by atoms with Crippen LogP contribution in [0, 0.1) is 6.92 Å². The van der Waals surface area contributed by atoms with Gasteiger partial charge >= 0.3 is 0 Å². The van der Waals surface area contributed by atoms with Crippen molar-refractivity contribution in [1.29, 1.82) is 0 Å². The van der Waals surface area contributed by atoms with Gasteiger partial charge in [0.25, 0.3) is 0 Å². The summed E-state index contributed by atoms with van der Waals surface area (Å²) in [5.74, 6) is 2.57. The van der Waals surface area contributed by atoms with Crippen LogP contribution < -0.4 is 10.6 Å². The number of carbonyl (C=O) groups is 1. The second-order valence-electron chi connectivity index (χ2n) is 5.95. The van der Waals surface area contributed by atoms with Crippen molar-refractivity contribution in [2.45, 2.75) is 19.3 Å². The van der Waals surface area contributed by atoms with Crippen LogP contribution in [0.25, 0.3) is 0 Å². The Morgan fingerprint density at radius 3 is 2.96 bits per heavy atom. The van der Waals surface area contributed by atoms with Crippen molar-refractivity contribution in [2.24, 2.45) is 0 Å². The second-order valence-corrected chi connectivity index (χ2v) is 5.95. The summed E-state index contributed by atoms with van der Waals surface area (Å²) in [6.45, 7) is 3.75. The quantitative estimate of drug-likeness (QED) is 0.865. The van der Waals surface area contributed by atoms with Crippen molar-refractivity contribution in [3.63, 3.8) is 0 Å². The number of amides is 1. The van der Waals surface area contributed by atoms with E-state index in [2.05, 4.69) is 25.6 Å². The maximum absolute atomic E-state index is 12.0. The third-order valence-corrected chi connectivity index (χ3v) is 4.03. The monoisotopic (exact) mass is 326 g/mol. The molecular weight excluding hydrogens is 304 g/mol. The van der Waals surface area contributed by atoms with E-state index >= 15 is 0 Å². The van der Waals surface area contributed by atoms with Gasteiger partial charge in [-0.2, -0.15) is 0 Å². The fraction of sp³-hybridized carbons (Fsp3) is 0.412. The number of aromatic nitrogens is 3. The molecule has 1 aliphatic heterocycles. The molecule has 126 valence electrons. The first-order valence-corrected chi connectivity index (χ1v) is 8.11. The summed E-state index contributed by atoms with van der Waals surface area (Å²) < 4.78 is 0. The zero-order valence-electron chi connectivity index (χ0n) is 14.0. The molecule has 3 rings (SSSR count). The highest BCUT2D eigenvalue weighted by atomic mass is 16.2. The first kappa shape index (κ1) is 16.3. The van der Waals surface area contributed by atoms with Crippen LogP contribution in [0.1, 0.15) is 23.9 Å². The molecule has 0 aromatic carbocycles. The number of hydrogen-bond donors (Lipinski definition) is 2. The molecule has 2 aromatic rings. The number of nitrogens with zero attached hydrogens (tertiary/aromatic N) is 4. The minimum Gasteiger partial charge on any atom is -0.341 e. The second kappa shape index (κ2) is 7.35. The van der Waals surface area contributed by atoms with Gasteiger partial charge in [0.1, 0.15) is 17.5 Å². The van der Waals surface area contributed by atoms with E-state index in [1.165, 1.54) is 0 Å². The average Bonchev–Trinajstić information content (AvgIpc) is 3.06. The summed E-state index contributed by atoms with van der Waals surface area (Å²) in [7, 11) is 1.78. The summed E-state index contributed by atoms with van der Waals surface area (Å²) in [5.41, 5.74) is 0.901. The lowest BCUT2D eigenvalue weighted by Gasteiger charge is -2.16. The summed E-state index contributed by atoms with van der Waals surface area (Å²) in [5, 5.41) is 6.12. The van der Waals surface area contributed by atoms with Crippen LogP contribution in [-0.4, -0.2) is 52.4 Å². The number of nitrogens with one attached hydrogen (secondary N) is 2. The van der Waals surface area contributed by atoms with Gasteiger partial charge in [-0.25, -0.2) is 15.0 Å². The molecule has 7 nitrogen and oxygen atoms in total. The van der Waals surface area contributed by atoms with Crippen molar-refractivity contribution in [3.8, 4) is 0 Å². The number of aryl methyl sites for hydroxylation is 1. The lowest BCUT2D eigenvalue weighted by molar-refractivity contribution is -0.129. The number of anilines is 2. The van der Waals surface area contributed by atoms with E-state index in [-0.39, 0.29) is 11.8 Å². The maximum atomic E-state index is 12.0. The normalized spacial score (nSPS) is 17.1. The summed E-state index contributed by atoms with van der Waals surface area (Å²) in [4.78, 5) is 27.3. The van der Waals surface area contributed by atoms with Gasteiger partial charge in [-0.05, 0) is 32.5 Å². The summed E-state index contributed by atoms with van der Waals surface area (Å²) in [6.07, 6.45) is 2.63. The van der Waals surface area contributed by atoms with E-state index in [0.29, 0.717) is 13.1 Å². The van der Waals surface area contributed by atoms with E-state index < -0.39 is 0 Å². The minimum absolute atomic E-state index is 0.125. The molecule has 0 unspecified atom stereocenters. The van der Waals surface area contributed by atoms with Gasteiger partial charge in [0.15, 0.2) is 0 Å². The van der Waals surface area contributed by atoms with Crippen LogP contribution in [-0.2, 0) is 4.79 Å². The van der Waals surface area contributed by atoms with Gasteiger partial charge < -0.3 is 15.5 Å². The third kappa shape index (κ3) is 3.86. The molecule has 0 saturated carbocycles. The summed E-state index contributed by atoms with van der Waals surface area (Å²) >= 11 is 0. The molecule has 0 spiro atoms. The highest BCUT2D eigenvalue weighted by Crippen LogP contribution is 2.26. The van der Waals surface area contributed by atoms with Gasteiger partial charge in [0.05, 0.1) is 6.54 Å². The first-order chi connectivity index (χ1) is 11.7. The lowest BCUT2D eigenvalue weighted by Crippen LogP contribution is -2.35. The zero-order valence-corrected chi connectivity index (χ0v) is 14.0. The largest absolute Gasteiger partial charge is 0.341 e. The molecule has 24 heavy (non-hydrogen) atoms. The lowest BCUT2D eigenvalue weighted by atomic mass is 10.1. The molecule has 3 heterocycles. The third-order valence-electron chi connectivity index (χ3n) is 4.03. The van der Waals surface area contributed by atoms with Gasteiger partial charge in [-0.15, -0.1) is 0 Å². The Morgan fingerprint density at radius 1 is 1.33 bits per heavy atom. The number of likely N-dealkylation sites (tertiary alicyclic amines) is 1. The molecule has 1 saturated heterocycles. The standard InChI is InChI=1S/C17H22N6O/c1-12-9-15(21-14-5-3-4-7-19-14)22-17(20-12)13-6-8-23(11-13)16(24)10-18-2/h3-5,7,9,13,18H,6,8,10-11H2,1-2H3,(H,19,20,21,22)/t13-/m1/s1. The first-order valence-electron chi connectivity index (χ1n) is 8.11. The van der Waals surface area contributed by atoms with Crippen LogP contribution >= 0.6 is 0 Å². The van der Waals surface area contributed by atoms with Gasteiger partial charge in [-0.1, -0.05) is 6.07 Å². The van der Waals surface area contributed by atoms with Crippen LogP contribution in [0.5, 0.6) is 0 Å². The van der Waals surface area contributed by atoms with E-state index in [1.807, 2.05) is 36.1 Å². The molecular formula is C17H22N6O. The van der Waals surface area contributed by atoms with Crippen LogP contribution in [0.3, 0.4) is 0 Å². The number of rotatable bonds is 5. The molecule has 2 aromatic heterocycles. The molecule has 0 radical (unpaired) electrons. The van der Waals surface area contributed by atoms with E-state index in [1.54, 1.807) is 13.2 Å². The highest BCUT2D eigenvalue weighted by Gasteiger charge is 2.29. The Hall–Kier alpha value is -2.54. The zero-order chi connectivity index (χ0) is 16.9. The smallest absolute Gasteiger partial charge is 0.236 e. The molecule has 0 aliphatic carbocycles. The van der Waals surface area contributed by atoms with E-state index in [9.17, 15) is 4.79 Å². The Labute approximate surface area is 141 Å². The molecule has 2 N–H and O–H groups in total. The van der Waals surface area contributed by atoms with E-state index in [0.717, 1.165) is 36.1 Å². The van der Waals surface area contributed by atoms with Crippen molar-refractivity contribution >= 4 is 17.5 Å². The minimum atomic E-state index is 0.125. The fourth-order valence-corrected chi connectivity index (χ4v) is 2.87. The Kier molecular flexibility index (Phi) is 5.00. The van der Waals surface area contributed by atoms with Crippen molar-refractivity contribution in [1.82, 2.24) is 25.2 Å². The topological polar surface area (TPSA) is 83.0 Å². The summed E-state index contributed by atoms with van der Waals surface area (Å²) in [6, 6.07) is 7.59. The predicted octanol–water partition coefficient (Wildman–Crippen LogP) is 1.46. The molecule has 1 amide bonds.